The number of nitrogens with one attached hydrogen (secondary N) is 2. The van der Waals surface area contributed by atoms with Gasteiger partial charge >= 0.3 is 0 Å². The molecule has 2 amide bonds. The second kappa shape index (κ2) is 14.5. The maximum atomic E-state index is 13.4. The molecule has 9 heteroatoms. The van der Waals surface area contributed by atoms with Gasteiger partial charge in [0.25, 0.3) is 0 Å². The zero-order valence-electron chi connectivity index (χ0n) is 21.2. The first-order valence-corrected chi connectivity index (χ1v) is 12.1. The number of carbonyl (C=O) groups is 2. The number of carbonyl (C=O) groups excluding carboxylic acids is 2. The third kappa shape index (κ3) is 9.54. The second-order valence-electron chi connectivity index (χ2n) is 9.07. The van der Waals surface area contributed by atoms with Crippen LogP contribution in [0.15, 0.2) is 48.5 Å². The molecule has 2 unspecified atom stereocenters. The second-order valence-corrected chi connectivity index (χ2v) is 9.07. The zero-order valence-corrected chi connectivity index (χ0v) is 21.2. The van der Waals surface area contributed by atoms with Crippen molar-refractivity contribution in [3.05, 3.63) is 65.7 Å². The quantitative estimate of drug-likeness (QED) is 0.364. The number of hydrogen-bond donors (Lipinski definition) is 3. The fourth-order valence-corrected chi connectivity index (χ4v) is 3.53. The normalized spacial score (nSPS) is 14.6. The maximum absolute atomic E-state index is 13.4. The number of rotatable bonds is 14. The summed E-state index contributed by atoms with van der Waals surface area (Å²) in [7, 11) is 0. The Morgan fingerprint density at radius 3 is 2.22 bits per heavy atom. The van der Waals surface area contributed by atoms with E-state index in [0.717, 1.165) is 23.8 Å². The Morgan fingerprint density at radius 2 is 1.64 bits per heavy atom. The Hall–Kier alpha value is -3.04. The fourth-order valence-electron chi connectivity index (χ4n) is 3.53. The Morgan fingerprint density at radius 1 is 1.00 bits per heavy atom. The van der Waals surface area contributed by atoms with Crippen LogP contribution in [0.2, 0.25) is 0 Å². The molecule has 36 heavy (non-hydrogen) atoms. The van der Waals surface area contributed by atoms with E-state index in [2.05, 4.69) is 10.6 Å². The number of amides is 2. The highest BCUT2D eigenvalue weighted by molar-refractivity contribution is 5.89. The first kappa shape index (κ1) is 29.2. The predicted molar refractivity (Wildman–Crippen MR) is 132 cm³/mol. The molecule has 2 rings (SSSR count). The van der Waals surface area contributed by atoms with E-state index >= 15 is 0 Å². The van der Waals surface area contributed by atoms with Crippen molar-refractivity contribution in [1.29, 1.82) is 0 Å². The van der Waals surface area contributed by atoms with E-state index in [1.807, 2.05) is 44.2 Å². The molecule has 2 aromatic carbocycles. The van der Waals surface area contributed by atoms with Gasteiger partial charge in [-0.15, -0.1) is 0 Å². The van der Waals surface area contributed by atoms with Crippen LogP contribution in [0.5, 0.6) is 5.75 Å². The van der Waals surface area contributed by atoms with Crippen LogP contribution in [0, 0.1) is 23.5 Å². The lowest BCUT2D eigenvalue weighted by molar-refractivity contribution is -0.139. The molecule has 0 spiro atoms. The van der Waals surface area contributed by atoms with E-state index in [0.29, 0.717) is 6.54 Å². The largest absolute Gasteiger partial charge is 0.493 e. The molecule has 0 fully saturated rings. The number of aliphatic hydroxyl groups excluding tert-OH is 1. The molecule has 0 bridgehead atoms. The third-order valence-corrected chi connectivity index (χ3v) is 5.68. The summed E-state index contributed by atoms with van der Waals surface area (Å²) in [6.45, 7) is 7.60. The standard InChI is InChI=1S/C27H36F2N2O5/c1-5-35-24(14-23(32)18(4)16-36-22-12-20(28)11-21(29)13-22)26(33)31-25(17(2)3)27(34)30-15-19-9-7-6-8-10-19/h6-13,17-18,23-25,32H,5,14-16H2,1-4H3,(H,30,34)(H,31,33)/t18?,23-,24+,25?/m0/s1. The minimum absolute atomic E-state index is 0.00643. The molecule has 2 aromatic rings. The summed E-state index contributed by atoms with van der Waals surface area (Å²) < 4.78 is 37.7. The number of hydrogen-bond acceptors (Lipinski definition) is 5. The van der Waals surface area contributed by atoms with E-state index in [4.69, 9.17) is 9.47 Å². The van der Waals surface area contributed by atoms with E-state index in [1.54, 1.807) is 13.8 Å². The SMILES string of the molecule is CCO[C@H](C[C@H](O)C(C)COc1cc(F)cc(F)c1)C(=O)NC(C(=O)NCc1ccccc1)C(C)C. The highest BCUT2D eigenvalue weighted by Gasteiger charge is 2.30. The predicted octanol–water partition coefficient (Wildman–Crippen LogP) is 3.59. The van der Waals surface area contributed by atoms with Crippen molar-refractivity contribution in [1.82, 2.24) is 10.6 Å². The van der Waals surface area contributed by atoms with Gasteiger partial charge in [0.15, 0.2) is 0 Å². The third-order valence-electron chi connectivity index (χ3n) is 5.68. The molecule has 0 aliphatic carbocycles. The summed E-state index contributed by atoms with van der Waals surface area (Å²) in [6, 6.07) is 11.5. The average molecular weight is 507 g/mol. The molecule has 0 aromatic heterocycles. The van der Waals surface area contributed by atoms with Crippen molar-refractivity contribution < 1.29 is 33.0 Å². The zero-order chi connectivity index (χ0) is 26.7. The van der Waals surface area contributed by atoms with Gasteiger partial charge in [0.05, 0.1) is 12.7 Å². The van der Waals surface area contributed by atoms with Gasteiger partial charge in [0, 0.05) is 43.7 Å². The van der Waals surface area contributed by atoms with E-state index < -0.39 is 41.7 Å². The molecule has 198 valence electrons. The van der Waals surface area contributed by atoms with E-state index in [-0.39, 0.29) is 37.2 Å². The van der Waals surface area contributed by atoms with Crippen molar-refractivity contribution in [2.24, 2.45) is 11.8 Å². The van der Waals surface area contributed by atoms with Crippen molar-refractivity contribution in [3.63, 3.8) is 0 Å². The lowest BCUT2D eigenvalue weighted by Crippen LogP contribution is -2.53. The van der Waals surface area contributed by atoms with Crippen LogP contribution in [0.4, 0.5) is 8.78 Å². The van der Waals surface area contributed by atoms with Gasteiger partial charge < -0.3 is 25.2 Å². The Balaban J connectivity index is 1.94. The van der Waals surface area contributed by atoms with E-state index in [1.165, 1.54) is 0 Å². The molecule has 0 saturated carbocycles. The Bertz CT molecular complexity index is 954. The number of benzene rings is 2. The summed E-state index contributed by atoms with van der Waals surface area (Å²) in [5.41, 5.74) is 0.937. The smallest absolute Gasteiger partial charge is 0.249 e. The molecule has 4 atom stereocenters. The molecular weight excluding hydrogens is 470 g/mol. The molecular formula is C27H36F2N2O5. The van der Waals surface area contributed by atoms with Crippen LogP contribution in [0.25, 0.3) is 0 Å². The van der Waals surface area contributed by atoms with Crippen LogP contribution in [0.1, 0.15) is 39.7 Å². The lowest BCUT2D eigenvalue weighted by Gasteiger charge is -2.27. The summed E-state index contributed by atoms with van der Waals surface area (Å²) in [5, 5.41) is 16.2. The highest BCUT2D eigenvalue weighted by atomic mass is 19.1. The molecule has 0 aliphatic rings. The lowest BCUT2D eigenvalue weighted by atomic mass is 9.98. The van der Waals surface area contributed by atoms with Crippen LogP contribution >= 0.6 is 0 Å². The van der Waals surface area contributed by atoms with Gasteiger partial charge in [-0.2, -0.15) is 0 Å². The number of aliphatic hydroxyl groups is 1. The van der Waals surface area contributed by atoms with Gasteiger partial charge in [0.1, 0.15) is 29.5 Å². The monoisotopic (exact) mass is 506 g/mol. The summed E-state index contributed by atoms with van der Waals surface area (Å²) >= 11 is 0. The number of halogens is 2. The fraction of sp³-hybridized carbons (Fsp3) is 0.481. The first-order chi connectivity index (χ1) is 17.1. The maximum Gasteiger partial charge on any atom is 0.249 e. The molecule has 0 aliphatic heterocycles. The van der Waals surface area contributed by atoms with Crippen molar-refractivity contribution in [2.45, 2.75) is 58.9 Å². The Kier molecular flexibility index (Phi) is 11.8. The van der Waals surface area contributed by atoms with Gasteiger partial charge in [-0.1, -0.05) is 51.1 Å². The minimum Gasteiger partial charge on any atom is -0.493 e. The minimum atomic E-state index is -1.00. The van der Waals surface area contributed by atoms with Crippen LogP contribution in [0.3, 0.4) is 0 Å². The molecule has 0 saturated heterocycles. The van der Waals surface area contributed by atoms with E-state index in [9.17, 15) is 23.5 Å². The van der Waals surface area contributed by atoms with Crippen LogP contribution in [-0.4, -0.2) is 48.4 Å². The average Bonchev–Trinajstić information content (AvgIpc) is 2.83. The van der Waals surface area contributed by atoms with Crippen molar-refractivity contribution in [3.8, 4) is 5.75 Å². The number of ether oxygens (including phenoxy) is 2. The van der Waals surface area contributed by atoms with Crippen LogP contribution in [-0.2, 0) is 20.9 Å². The molecule has 0 radical (unpaired) electrons. The topological polar surface area (TPSA) is 96.9 Å². The highest BCUT2D eigenvalue weighted by Crippen LogP contribution is 2.19. The van der Waals surface area contributed by atoms with Gasteiger partial charge in [-0.05, 0) is 18.4 Å². The first-order valence-electron chi connectivity index (χ1n) is 12.1. The summed E-state index contributed by atoms with van der Waals surface area (Å²) in [5.74, 6) is -3.01. The van der Waals surface area contributed by atoms with Crippen molar-refractivity contribution >= 4 is 11.8 Å². The van der Waals surface area contributed by atoms with Gasteiger partial charge in [0.2, 0.25) is 11.8 Å². The van der Waals surface area contributed by atoms with Gasteiger partial charge in [-0.3, -0.25) is 9.59 Å². The molecule has 7 nitrogen and oxygen atoms in total. The summed E-state index contributed by atoms with van der Waals surface area (Å²) in [4.78, 5) is 25.8. The molecule has 3 N–H and O–H groups in total. The van der Waals surface area contributed by atoms with Gasteiger partial charge in [-0.25, -0.2) is 8.78 Å². The van der Waals surface area contributed by atoms with Crippen molar-refractivity contribution in [2.75, 3.05) is 13.2 Å². The summed E-state index contributed by atoms with van der Waals surface area (Å²) in [6.07, 6.45) is -2.05. The molecule has 0 heterocycles. The van der Waals surface area contributed by atoms with Crippen LogP contribution < -0.4 is 15.4 Å². The Labute approximate surface area is 211 Å².